The summed E-state index contributed by atoms with van der Waals surface area (Å²) in [6.07, 6.45) is 0. The number of aliphatic hydroxyl groups is 1. The van der Waals surface area contributed by atoms with Gasteiger partial charge in [0.15, 0.2) is 5.76 Å². The molecule has 3 nitrogen and oxygen atoms in total. The second kappa shape index (κ2) is 8.60. The van der Waals surface area contributed by atoms with Gasteiger partial charge >= 0.3 is 0 Å². The van der Waals surface area contributed by atoms with Crippen molar-refractivity contribution in [2.45, 2.75) is 39.3 Å². The van der Waals surface area contributed by atoms with Crippen molar-refractivity contribution in [3.8, 4) is 0 Å². The van der Waals surface area contributed by atoms with E-state index in [9.17, 15) is 9.90 Å². The summed E-state index contributed by atoms with van der Waals surface area (Å²) >= 11 is 6.39. The number of aliphatic hydroxyl groups excluding tert-OH is 1. The summed E-state index contributed by atoms with van der Waals surface area (Å²) in [5.41, 5.74) is 5.64. The van der Waals surface area contributed by atoms with Gasteiger partial charge in [-0.05, 0) is 41.2 Å². The average molecular weight is 432 g/mol. The minimum Gasteiger partial charge on any atom is -0.503 e. The second-order valence-corrected chi connectivity index (χ2v) is 8.78. The van der Waals surface area contributed by atoms with Crippen LogP contribution in [0.25, 0.3) is 5.57 Å². The molecule has 1 aliphatic rings. The summed E-state index contributed by atoms with van der Waals surface area (Å²) in [6, 6.07) is 23.3. The van der Waals surface area contributed by atoms with Crippen LogP contribution in [0.5, 0.6) is 0 Å². The van der Waals surface area contributed by atoms with Crippen LogP contribution in [0.1, 0.15) is 53.6 Å². The fraction of sp³-hybridized carbons (Fsp3) is 0.222. The van der Waals surface area contributed by atoms with E-state index in [4.69, 9.17) is 11.6 Å². The summed E-state index contributed by atoms with van der Waals surface area (Å²) in [5.74, 6) is -0.165. The Labute approximate surface area is 188 Å². The monoisotopic (exact) mass is 431 g/mol. The Morgan fingerprint density at radius 1 is 0.968 bits per heavy atom. The topological polar surface area (TPSA) is 40.5 Å². The van der Waals surface area contributed by atoms with E-state index in [2.05, 4.69) is 38.1 Å². The maximum atomic E-state index is 13.2. The van der Waals surface area contributed by atoms with Gasteiger partial charge in [0.25, 0.3) is 5.91 Å². The molecule has 1 amide bonds. The summed E-state index contributed by atoms with van der Waals surface area (Å²) < 4.78 is 0. The van der Waals surface area contributed by atoms with E-state index < -0.39 is 6.04 Å². The molecule has 0 fully saturated rings. The van der Waals surface area contributed by atoms with Gasteiger partial charge in [-0.3, -0.25) is 4.79 Å². The number of halogens is 1. The Balaban J connectivity index is 1.81. The van der Waals surface area contributed by atoms with Crippen molar-refractivity contribution < 1.29 is 9.90 Å². The van der Waals surface area contributed by atoms with Gasteiger partial charge in [0, 0.05) is 17.1 Å². The largest absolute Gasteiger partial charge is 0.503 e. The van der Waals surface area contributed by atoms with E-state index in [1.807, 2.05) is 55.5 Å². The van der Waals surface area contributed by atoms with Crippen molar-refractivity contribution in [3.05, 3.63) is 111 Å². The zero-order chi connectivity index (χ0) is 22.1. The van der Waals surface area contributed by atoms with Crippen molar-refractivity contribution in [1.82, 2.24) is 4.90 Å². The lowest BCUT2D eigenvalue weighted by atomic mass is 9.91. The molecule has 1 heterocycles. The molecule has 0 radical (unpaired) electrons. The van der Waals surface area contributed by atoms with Crippen molar-refractivity contribution >= 4 is 23.1 Å². The van der Waals surface area contributed by atoms with Crippen LogP contribution in [0.15, 0.2) is 78.6 Å². The molecule has 1 unspecified atom stereocenters. The SMILES string of the molecule is Cc1ccc(C2=C(O)C(=O)N(Cc3ccccc3Cl)C2c2ccc(C(C)C)cc2)cc1. The van der Waals surface area contributed by atoms with Gasteiger partial charge in [0.2, 0.25) is 0 Å². The summed E-state index contributed by atoms with van der Waals surface area (Å²) in [6.45, 7) is 6.64. The van der Waals surface area contributed by atoms with Crippen LogP contribution >= 0.6 is 11.6 Å². The van der Waals surface area contributed by atoms with Gasteiger partial charge in [0.05, 0.1) is 6.04 Å². The molecule has 31 heavy (non-hydrogen) atoms. The molecular weight excluding hydrogens is 406 g/mol. The zero-order valence-corrected chi connectivity index (χ0v) is 18.7. The molecule has 4 rings (SSSR count). The van der Waals surface area contributed by atoms with Crippen LogP contribution in [0.4, 0.5) is 0 Å². The summed E-state index contributed by atoms with van der Waals surface area (Å²) in [4.78, 5) is 14.9. The lowest BCUT2D eigenvalue weighted by Crippen LogP contribution is -2.30. The molecule has 158 valence electrons. The maximum absolute atomic E-state index is 13.2. The minimum absolute atomic E-state index is 0.200. The first-order chi connectivity index (χ1) is 14.9. The molecule has 0 bridgehead atoms. The van der Waals surface area contributed by atoms with Crippen LogP contribution in [-0.4, -0.2) is 15.9 Å². The lowest BCUT2D eigenvalue weighted by Gasteiger charge is -2.28. The molecule has 0 spiro atoms. The van der Waals surface area contributed by atoms with Crippen LogP contribution in [0, 0.1) is 6.92 Å². The van der Waals surface area contributed by atoms with E-state index in [0.717, 1.165) is 22.3 Å². The lowest BCUT2D eigenvalue weighted by molar-refractivity contribution is -0.130. The number of rotatable bonds is 5. The highest BCUT2D eigenvalue weighted by molar-refractivity contribution is 6.31. The van der Waals surface area contributed by atoms with Crippen molar-refractivity contribution in [3.63, 3.8) is 0 Å². The Kier molecular flexibility index (Phi) is 5.88. The van der Waals surface area contributed by atoms with Crippen molar-refractivity contribution in [1.29, 1.82) is 0 Å². The molecule has 3 aromatic rings. The molecule has 0 aromatic heterocycles. The molecular formula is C27H26ClNO2. The van der Waals surface area contributed by atoms with Crippen LogP contribution in [0.2, 0.25) is 5.02 Å². The summed E-state index contributed by atoms with van der Waals surface area (Å²) in [5, 5.41) is 11.5. The van der Waals surface area contributed by atoms with Gasteiger partial charge in [-0.15, -0.1) is 0 Å². The molecule has 1 aliphatic heterocycles. The first-order valence-electron chi connectivity index (χ1n) is 10.5. The average Bonchev–Trinajstić information content (AvgIpc) is 3.01. The highest BCUT2D eigenvalue weighted by atomic mass is 35.5. The number of benzene rings is 3. The molecule has 0 saturated carbocycles. The van der Waals surface area contributed by atoms with E-state index in [0.29, 0.717) is 23.1 Å². The Morgan fingerprint density at radius 2 is 1.61 bits per heavy atom. The highest BCUT2D eigenvalue weighted by Gasteiger charge is 2.41. The van der Waals surface area contributed by atoms with E-state index in [-0.39, 0.29) is 11.7 Å². The Morgan fingerprint density at radius 3 is 2.23 bits per heavy atom. The molecule has 4 heteroatoms. The van der Waals surface area contributed by atoms with Gasteiger partial charge in [0.1, 0.15) is 0 Å². The van der Waals surface area contributed by atoms with E-state index in [1.54, 1.807) is 4.90 Å². The summed E-state index contributed by atoms with van der Waals surface area (Å²) in [7, 11) is 0. The smallest absolute Gasteiger partial charge is 0.290 e. The Bertz CT molecular complexity index is 1130. The van der Waals surface area contributed by atoms with Gasteiger partial charge in [-0.25, -0.2) is 0 Å². The normalized spacial score (nSPS) is 16.5. The van der Waals surface area contributed by atoms with Crippen LogP contribution in [-0.2, 0) is 11.3 Å². The minimum atomic E-state index is -0.396. The van der Waals surface area contributed by atoms with Crippen LogP contribution in [0.3, 0.4) is 0 Å². The third kappa shape index (κ3) is 4.11. The zero-order valence-electron chi connectivity index (χ0n) is 18.0. The van der Waals surface area contributed by atoms with Gasteiger partial charge in [-0.2, -0.15) is 0 Å². The molecule has 0 aliphatic carbocycles. The first kappa shape index (κ1) is 21.2. The molecule has 0 saturated heterocycles. The fourth-order valence-corrected chi connectivity index (χ4v) is 4.26. The highest BCUT2D eigenvalue weighted by Crippen LogP contribution is 2.44. The number of hydrogen-bond acceptors (Lipinski definition) is 2. The van der Waals surface area contributed by atoms with Crippen molar-refractivity contribution in [2.75, 3.05) is 0 Å². The van der Waals surface area contributed by atoms with E-state index >= 15 is 0 Å². The number of carbonyl (C=O) groups excluding carboxylic acids is 1. The third-order valence-corrected chi connectivity index (χ3v) is 6.25. The molecule has 1 N–H and O–H groups in total. The quantitative estimate of drug-likeness (QED) is 0.481. The fourth-order valence-electron chi connectivity index (χ4n) is 4.06. The number of hydrogen-bond donors (Lipinski definition) is 1. The first-order valence-corrected chi connectivity index (χ1v) is 10.9. The standard InChI is InChI=1S/C27H26ClNO2/c1-17(2)19-12-14-21(15-13-19)25-24(20-10-8-18(3)9-11-20)26(30)27(31)29(25)16-22-6-4-5-7-23(22)28/h4-15,17,25,30H,16H2,1-3H3. The van der Waals surface area contributed by atoms with Gasteiger partial charge < -0.3 is 10.0 Å². The van der Waals surface area contributed by atoms with Gasteiger partial charge in [-0.1, -0.05) is 97.7 Å². The number of aryl methyl sites for hydroxylation is 1. The number of carbonyl (C=O) groups is 1. The third-order valence-electron chi connectivity index (χ3n) is 5.88. The predicted octanol–water partition coefficient (Wildman–Crippen LogP) is 6.82. The number of amides is 1. The maximum Gasteiger partial charge on any atom is 0.290 e. The van der Waals surface area contributed by atoms with Crippen molar-refractivity contribution in [2.24, 2.45) is 0 Å². The van der Waals surface area contributed by atoms with Crippen LogP contribution < -0.4 is 0 Å². The molecule has 3 aromatic carbocycles. The predicted molar refractivity (Wildman–Crippen MR) is 126 cm³/mol. The van der Waals surface area contributed by atoms with E-state index in [1.165, 1.54) is 5.56 Å². The Hall–Kier alpha value is -3.04. The second-order valence-electron chi connectivity index (χ2n) is 8.38. The number of nitrogens with zero attached hydrogens (tertiary/aromatic N) is 1. The molecule has 1 atom stereocenters.